The summed E-state index contributed by atoms with van der Waals surface area (Å²) in [6, 6.07) is 11.1. The van der Waals surface area contributed by atoms with Gasteiger partial charge in [0.1, 0.15) is 5.01 Å². The summed E-state index contributed by atoms with van der Waals surface area (Å²) in [4.78, 5) is 4.30. The van der Waals surface area contributed by atoms with Gasteiger partial charge in [-0.3, -0.25) is 0 Å². The summed E-state index contributed by atoms with van der Waals surface area (Å²) in [6.07, 6.45) is 4.21. The Morgan fingerprint density at radius 3 is 2.76 bits per heavy atom. The molecule has 0 fully saturated rings. The predicted molar refractivity (Wildman–Crippen MR) is 73.0 cm³/mol. The zero-order chi connectivity index (χ0) is 11.9. The first kappa shape index (κ1) is 12.3. The Hall–Kier alpha value is -1.19. The summed E-state index contributed by atoms with van der Waals surface area (Å²) in [5, 5.41) is 6.76. The number of nitrogens with one attached hydrogen (secondary N) is 1. The highest BCUT2D eigenvalue weighted by atomic mass is 32.1. The second-order valence-corrected chi connectivity index (χ2v) is 5.04. The van der Waals surface area contributed by atoms with Crippen LogP contribution in [-0.2, 0) is 6.54 Å². The Kier molecular flexibility index (Phi) is 4.71. The summed E-state index contributed by atoms with van der Waals surface area (Å²) in [5.41, 5.74) is 1.37. The van der Waals surface area contributed by atoms with Gasteiger partial charge in [-0.15, -0.1) is 11.3 Å². The molecule has 2 rings (SSSR count). The summed E-state index contributed by atoms with van der Waals surface area (Å²) in [5.74, 6) is 0. The Morgan fingerprint density at radius 2 is 2.12 bits per heavy atom. The number of thiazole rings is 1. The molecule has 0 spiro atoms. The van der Waals surface area contributed by atoms with Crippen molar-refractivity contribution in [3.8, 4) is 0 Å². The van der Waals surface area contributed by atoms with E-state index in [-0.39, 0.29) is 0 Å². The SMILES string of the molecule is CCCC(NCc1nccs1)c1ccccc1. The molecule has 0 bridgehead atoms. The summed E-state index contributed by atoms with van der Waals surface area (Å²) in [6.45, 7) is 3.08. The molecule has 1 unspecified atom stereocenters. The van der Waals surface area contributed by atoms with Gasteiger partial charge in [-0.1, -0.05) is 43.7 Å². The molecule has 2 nitrogen and oxygen atoms in total. The van der Waals surface area contributed by atoms with Crippen molar-refractivity contribution >= 4 is 11.3 Å². The Bertz CT molecular complexity index is 411. The van der Waals surface area contributed by atoms with Crippen LogP contribution in [0.3, 0.4) is 0 Å². The third-order valence-electron chi connectivity index (χ3n) is 2.76. The molecule has 3 heteroatoms. The van der Waals surface area contributed by atoms with Crippen LogP contribution in [0.2, 0.25) is 0 Å². The van der Waals surface area contributed by atoms with E-state index in [9.17, 15) is 0 Å². The molecule has 1 heterocycles. The van der Waals surface area contributed by atoms with Gasteiger partial charge in [0.05, 0.1) is 0 Å². The highest BCUT2D eigenvalue weighted by Crippen LogP contribution is 2.19. The monoisotopic (exact) mass is 246 g/mol. The van der Waals surface area contributed by atoms with Crippen LogP contribution >= 0.6 is 11.3 Å². The standard InChI is InChI=1S/C14H18N2S/c1-2-6-13(12-7-4-3-5-8-12)16-11-14-15-9-10-17-14/h3-5,7-10,13,16H,2,6,11H2,1H3. The Balaban J connectivity index is 1.98. The van der Waals surface area contributed by atoms with E-state index < -0.39 is 0 Å². The van der Waals surface area contributed by atoms with Gasteiger partial charge in [-0.2, -0.15) is 0 Å². The zero-order valence-corrected chi connectivity index (χ0v) is 10.9. The van der Waals surface area contributed by atoms with Crippen molar-refractivity contribution < 1.29 is 0 Å². The van der Waals surface area contributed by atoms with E-state index in [1.54, 1.807) is 11.3 Å². The molecule has 1 aromatic heterocycles. The van der Waals surface area contributed by atoms with Crippen molar-refractivity contribution in [3.63, 3.8) is 0 Å². The minimum Gasteiger partial charge on any atom is -0.304 e. The number of aromatic nitrogens is 1. The molecule has 90 valence electrons. The predicted octanol–water partition coefficient (Wildman–Crippen LogP) is 3.77. The lowest BCUT2D eigenvalue weighted by Crippen LogP contribution is -2.20. The van der Waals surface area contributed by atoms with Crippen molar-refractivity contribution in [1.82, 2.24) is 10.3 Å². The van der Waals surface area contributed by atoms with Gasteiger partial charge in [0.2, 0.25) is 0 Å². The van der Waals surface area contributed by atoms with Crippen molar-refractivity contribution in [2.75, 3.05) is 0 Å². The number of hydrogen-bond donors (Lipinski definition) is 1. The molecule has 0 aliphatic heterocycles. The van der Waals surface area contributed by atoms with E-state index in [1.807, 2.05) is 11.6 Å². The molecular formula is C14H18N2S. The molecule has 1 atom stereocenters. The van der Waals surface area contributed by atoms with Crippen LogP contribution in [0.25, 0.3) is 0 Å². The number of benzene rings is 1. The zero-order valence-electron chi connectivity index (χ0n) is 10.1. The van der Waals surface area contributed by atoms with Crippen LogP contribution in [0.5, 0.6) is 0 Å². The molecule has 1 N–H and O–H groups in total. The van der Waals surface area contributed by atoms with Gasteiger partial charge in [-0.25, -0.2) is 4.98 Å². The fourth-order valence-corrected chi connectivity index (χ4v) is 2.48. The van der Waals surface area contributed by atoms with Crippen LogP contribution < -0.4 is 5.32 Å². The molecule has 0 aliphatic carbocycles. The molecule has 0 amide bonds. The van der Waals surface area contributed by atoms with E-state index in [4.69, 9.17) is 0 Å². The Morgan fingerprint density at radius 1 is 1.29 bits per heavy atom. The number of nitrogens with zero attached hydrogens (tertiary/aromatic N) is 1. The minimum absolute atomic E-state index is 0.435. The molecule has 0 saturated heterocycles. The van der Waals surface area contributed by atoms with Gasteiger partial charge < -0.3 is 5.32 Å². The molecule has 0 radical (unpaired) electrons. The molecule has 0 aliphatic rings. The van der Waals surface area contributed by atoms with Crippen LogP contribution in [0, 0.1) is 0 Å². The highest BCUT2D eigenvalue weighted by Gasteiger charge is 2.09. The van der Waals surface area contributed by atoms with E-state index in [2.05, 4.69) is 47.6 Å². The largest absolute Gasteiger partial charge is 0.304 e. The van der Waals surface area contributed by atoms with Crippen molar-refractivity contribution in [1.29, 1.82) is 0 Å². The van der Waals surface area contributed by atoms with Crippen LogP contribution in [0.15, 0.2) is 41.9 Å². The lowest BCUT2D eigenvalue weighted by atomic mass is 10.0. The van der Waals surface area contributed by atoms with Gasteiger partial charge in [-0.05, 0) is 12.0 Å². The number of rotatable bonds is 6. The Labute approximate surface area is 107 Å². The van der Waals surface area contributed by atoms with E-state index >= 15 is 0 Å². The fraction of sp³-hybridized carbons (Fsp3) is 0.357. The van der Waals surface area contributed by atoms with E-state index in [0.717, 1.165) is 18.0 Å². The normalized spacial score (nSPS) is 12.5. The smallest absolute Gasteiger partial charge is 0.106 e. The maximum atomic E-state index is 4.30. The molecule has 17 heavy (non-hydrogen) atoms. The summed E-state index contributed by atoms with van der Waals surface area (Å²) in [7, 11) is 0. The van der Waals surface area contributed by atoms with Crippen molar-refractivity contribution in [2.24, 2.45) is 0 Å². The average molecular weight is 246 g/mol. The topological polar surface area (TPSA) is 24.9 Å². The van der Waals surface area contributed by atoms with Crippen LogP contribution in [0.4, 0.5) is 0 Å². The quantitative estimate of drug-likeness (QED) is 0.839. The average Bonchev–Trinajstić information content (AvgIpc) is 2.88. The highest BCUT2D eigenvalue weighted by molar-refractivity contribution is 7.09. The van der Waals surface area contributed by atoms with Gasteiger partial charge in [0, 0.05) is 24.2 Å². The lowest BCUT2D eigenvalue weighted by Gasteiger charge is -2.17. The van der Waals surface area contributed by atoms with Crippen LogP contribution in [-0.4, -0.2) is 4.98 Å². The molecular weight excluding hydrogens is 228 g/mol. The molecule has 2 aromatic rings. The van der Waals surface area contributed by atoms with Gasteiger partial charge >= 0.3 is 0 Å². The van der Waals surface area contributed by atoms with Crippen LogP contribution in [0.1, 0.15) is 36.4 Å². The van der Waals surface area contributed by atoms with E-state index in [0.29, 0.717) is 6.04 Å². The van der Waals surface area contributed by atoms with Gasteiger partial charge in [0.25, 0.3) is 0 Å². The maximum absolute atomic E-state index is 4.30. The first-order chi connectivity index (χ1) is 8.40. The molecule has 1 aromatic carbocycles. The van der Waals surface area contributed by atoms with Crippen molar-refractivity contribution in [3.05, 3.63) is 52.5 Å². The lowest BCUT2D eigenvalue weighted by molar-refractivity contribution is 0.493. The first-order valence-electron chi connectivity index (χ1n) is 6.07. The number of hydrogen-bond acceptors (Lipinski definition) is 3. The first-order valence-corrected chi connectivity index (χ1v) is 6.95. The minimum atomic E-state index is 0.435. The molecule has 0 saturated carbocycles. The summed E-state index contributed by atoms with van der Waals surface area (Å²) < 4.78 is 0. The van der Waals surface area contributed by atoms with Gasteiger partial charge in [0.15, 0.2) is 0 Å². The second kappa shape index (κ2) is 6.52. The summed E-state index contributed by atoms with van der Waals surface area (Å²) >= 11 is 1.70. The second-order valence-electron chi connectivity index (χ2n) is 4.06. The third-order valence-corrected chi connectivity index (χ3v) is 3.54. The van der Waals surface area contributed by atoms with E-state index in [1.165, 1.54) is 12.0 Å². The fourth-order valence-electron chi connectivity index (χ4n) is 1.91. The third kappa shape index (κ3) is 3.65. The maximum Gasteiger partial charge on any atom is 0.106 e. The van der Waals surface area contributed by atoms with Crippen molar-refractivity contribution in [2.45, 2.75) is 32.4 Å².